The Balaban J connectivity index is 2.56. The van der Waals surface area contributed by atoms with Crippen molar-refractivity contribution in [2.45, 2.75) is 40.0 Å². The van der Waals surface area contributed by atoms with Gasteiger partial charge in [0.2, 0.25) is 0 Å². The molecule has 0 aliphatic carbocycles. The molecule has 0 radical (unpaired) electrons. The van der Waals surface area contributed by atoms with Gasteiger partial charge in [-0.1, -0.05) is 58.0 Å². The van der Waals surface area contributed by atoms with Gasteiger partial charge in [-0.15, -0.1) is 0 Å². The van der Waals surface area contributed by atoms with E-state index in [9.17, 15) is 5.11 Å². The van der Waals surface area contributed by atoms with E-state index >= 15 is 0 Å². The largest absolute Gasteiger partial charge is 0.507 e. The highest BCUT2D eigenvalue weighted by Gasteiger charge is 2.19. The first-order valence-corrected chi connectivity index (χ1v) is 7.21. The van der Waals surface area contributed by atoms with Crippen LogP contribution in [-0.4, -0.2) is 5.11 Å². The van der Waals surface area contributed by atoms with Gasteiger partial charge >= 0.3 is 0 Å². The molecule has 1 atom stereocenters. The van der Waals surface area contributed by atoms with Crippen LogP contribution >= 0.6 is 0 Å². The summed E-state index contributed by atoms with van der Waals surface area (Å²) >= 11 is 0. The zero-order valence-corrected chi connectivity index (χ0v) is 12.4. The summed E-state index contributed by atoms with van der Waals surface area (Å²) in [6, 6.07) is 12.1. The number of aromatic hydroxyl groups is 1. The molecule has 0 aromatic heterocycles. The predicted octanol–water partition coefficient (Wildman–Crippen LogP) is 5.33. The van der Waals surface area contributed by atoms with Gasteiger partial charge in [-0.05, 0) is 41.2 Å². The van der Waals surface area contributed by atoms with Crippen molar-refractivity contribution in [3.63, 3.8) is 0 Å². The second-order valence-electron chi connectivity index (χ2n) is 6.20. The van der Waals surface area contributed by atoms with Gasteiger partial charge in [0.1, 0.15) is 5.75 Å². The van der Waals surface area contributed by atoms with Crippen molar-refractivity contribution in [3.05, 3.63) is 42.0 Å². The first-order valence-electron chi connectivity index (χ1n) is 7.21. The van der Waals surface area contributed by atoms with E-state index in [2.05, 4.69) is 45.9 Å². The summed E-state index contributed by atoms with van der Waals surface area (Å²) in [5.74, 6) is 2.22. The van der Waals surface area contributed by atoms with Gasteiger partial charge in [-0.3, -0.25) is 0 Å². The van der Waals surface area contributed by atoms with Crippen LogP contribution in [0.2, 0.25) is 0 Å². The summed E-state index contributed by atoms with van der Waals surface area (Å²) in [4.78, 5) is 0. The maximum absolute atomic E-state index is 10.00. The van der Waals surface area contributed by atoms with Crippen molar-refractivity contribution in [3.8, 4) is 5.75 Å². The van der Waals surface area contributed by atoms with Gasteiger partial charge in [0.15, 0.2) is 0 Å². The van der Waals surface area contributed by atoms with Crippen LogP contribution in [0.3, 0.4) is 0 Å². The van der Waals surface area contributed by atoms with Gasteiger partial charge in [0, 0.05) is 5.39 Å². The quantitative estimate of drug-likeness (QED) is 0.783. The molecule has 2 aromatic rings. The minimum absolute atomic E-state index is 0.381. The molecule has 2 aromatic carbocycles. The van der Waals surface area contributed by atoms with Gasteiger partial charge in [0.05, 0.1) is 0 Å². The summed E-state index contributed by atoms with van der Waals surface area (Å²) < 4.78 is 0. The van der Waals surface area contributed by atoms with Crippen molar-refractivity contribution in [1.82, 2.24) is 0 Å². The molecule has 0 bridgehead atoms. The maximum Gasteiger partial charge on any atom is 0.123 e. The minimum Gasteiger partial charge on any atom is -0.507 e. The molecule has 0 amide bonds. The Bertz CT molecular complexity index is 555. The number of benzene rings is 2. The highest BCUT2D eigenvalue weighted by Crippen LogP contribution is 2.37. The van der Waals surface area contributed by atoms with Crippen LogP contribution < -0.4 is 0 Å². The summed E-state index contributed by atoms with van der Waals surface area (Å²) in [6.45, 7) is 9.12. The topological polar surface area (TPSA) is 20.2 Å². The molecule has 19 heavy (non-hydrogen) atoms. The van der Waals surface area contributed by atoms with Crippen LogP contribution in [0.4, 0.5) is 0 Å². The average molecular weight is 256 g/mol. The van der Waals surface area contributed by atoms with Crippen molar-refractivity contribution < 1.29 is 5.11 Å². The van der Waals surface area contributed by atoms with Crippen LogP contribution in [0.5, 0.6) is 5.75 Å². The number of hydrogen-bond donors (Lipinski definition) is 1. The molecule has 0 saturated carbocycles. The Hall–Kier alpha value is -1.50. The lowest BCUT2D eigenvalue weighted by Crippen LogP contribution is -2.10. The molecule has 0 heterocycles. The molecular weight excluding hydrogens is 232 g/mol. The van der Waals surface area contributed by atoms with E-state index < -0.39 is 0 Å². The van der Waals surface area contributed by atoms with Gasteiger partial charge in [-0.2, -0.15) is 0 Å². The Morgan fingerprint density at radius 1 is 0.895 bits per heavy atom. The standard InChI is InChI=1S/C18H24O/c1-12(2)11-17(13(3)4)15-7-5-9-16-14(15)8-6-10-18(16)19/h5-10,12-13,17,19H,11H2,1-4H3. The molecule has 1 unspecified atom stereocenters. The van der Waals surface area contributed by atoms with Crippen molar-refractivity contribution in [2.24, 2.45) is 11.8 Å². The average Bonchev–Trinajstić information content (AvgIpc) is 2.35. The molecular formula is C18H24O. The molecule has 1 heteroatoms. The molecule has 102 valence electrons. The predicted molar refractivity (Wildman–Crippen MR) is 82.6 cm³/mol. The first-order chi connectivity index (χ1) is 9.00. The van der Waals surface area contributed by atoms with Gasteiger partial charge in [-0.25, -0.2) is 0 Å². The second-order valence-corrected chi connectivity index (χ2v) is 6.20. The lowest BCUT2D eigenvalue weighted by Gasteiger charge is -2.25. The van der Waals surface area contributed by atoms with E-state index in [1.807, 2.05) is 12.1 Å². The summed E-state index contributed by atoms with van der Waals surface area (Å²) in [5, 5.41) is 12.2. The number of fused-ring (bicyclic) bond motifs is 1. The van der Waals surface area contributed by atoms with E-state index in [-0.39, 0.29) is 0 Å². The molecule has 2 rings (SSSR count). The van der Waals surface area contributed by atoms with E-state index in [4.69, 9.17) is 0 Å². The van der Waals surface area contributed by atoms with Gasteiger partial charge in [0.25, 0.3) is 0 Å². The van der Waals surface area contributed by atoms with Crippen LogP contribution in [0.25, 0.3) is 10.8 Å². The fourth-order valence-electron chi connectivity index (χ4n) is 2.91. The molecule has 0 spiro atoms. The summed E-state index contributed by atoms with van der Waals surface area (Å²) in [7, 11) is 0. The van der Waals surface area contributed by atoms with Crippen molar-refractivity contribution in [2.75, 3.05) is 0 Å². The zero-order chi connectivity index (χ0) is 14.0. The third-order valence-electron chi connectivity index (χ3n) is 3.86. The van der Waals surface area contributed by atoms with E-state index in [0.717, 1.165) is 5.39 Å². The Morgan fingerprint density at radius 2 is 1.53 bits per heavy atom. The first kappa shape index (κ1) is 13.9. The Labute approximate surface area is 116 Å². The summed E-state index contributed by atoms with van der Waals surface area (Å²) in [6.07, 6.45) is 1.19. The molecule has 0 saturated heterocycles. The van der Waals surface area contributed by atoms with Gasteiger partial charge < -0.3 is 5.11 Å². The lowest BCUT2D eigenvalue weighted by molar-refractivity contribution is 0.410. The Kier molecular flexibility index (Phi) is 4.14. The minimum atomic E-state index is 0.381. The van der Waals surface area contributed by atoms with Crippen LogP contribution in [-0.2, 0) is 0 Å². The fourth-order valence-corrected chi connectivity index (χ4v) is 2.91. The molecule has 0 aliphatic heterocycles. The SMILES string of the molecule is CC(C)CC(c1cccc2c(O)cccc12)C(C)C. The van der Waals surface area contributed by atoms with E-state index in [1.54, 1.807) is 6.07 Å². The smallest absolute Gasteiger partial charge is 0.123 e. The second kappa shape index (κ2) is 5.64. The zero-order valence-electron chi connectivity index (χ0n) is 12.4. The van der Waals surface area contributed by atoms with E-state index in [1.165, 1.54) is 17.4 Å². The maximum atomic E-state index is 10.00. The molecule has 0 fully saturated rings. The number of rotatable bonds is 4. The van der Waals surface area contributed by atoms with Crippen molar-refractivity contribution >= 4 is 10.8 Å². The highest BCUT2D eigenvalue weighted by molar-refractivity contribution is 5.91. The van der Waals surface area contributed by atoms with E-state index in [0.29, 0.717) is 23.5 Å². The van der Waals surface area contributed by atoms with Crippen LogP contribution in [0.15, 0.2) is 36.4 Å². The number of hydrogen-bond acceptors (Lipinski definition) is 1. The Morgan fingerprint density at radius 3 is 2.16 bits per heavy atom. The van der Waals surface area contributed by atoms with Crippen LogP contribution in [0.1, 0.15) is 45.6 Å². The molecule has 1 nitrogen and oxygen atoms in total. The molecule has 1 N–H and O–H groups in total. The van der Waals surface area contributed by atoms with Crippen molar-refractivity contribution in [1.29, 1.82) is 0 Å². The highest BCUT2D eigenvalue weighted by atomic mass is 16.3. The number of phenols is 1. The normalized spacial score (nSPS) is 13.4. The lowest BCUT2D eigenvalue weighted by atomic mass is 9.80. The number of phenolic OH excluding ortho intramolecular Hbond substituents is 1. The third kappa shape index (κ3) is 2.91. The monoisotopic (exact) mass is 256 g/mol. The third-order valence-corrected chi connectivity index (χ3v) is 3.86. The molecule has 0 aliphatic rings. The fraction of sp³-hybridized carbons (Fsp3) is 0.444. The summed E-state index contributed by atoms with van der Waals surface area (Å²) in [5.41, 5.74) is 1.37. The van der Waals surface area contributed by atoms with Crippen LogP contribution in [0, 0.1) is 11.8 Å².